The van der Waals surface area contributed by atoms with Gasteiger partial charge in [0.2, 0.25) is 5.88 Å². The highest BCUT2D eigenvalue weighted by atomic mass is 35.5. The second-order valence-electron chi connectivity index (χ2n) is 7.10. The van der Waals surface area contributed by atoms with Gasteiger partial charge in [0, 0.05) is 24.3 Å². The molecular formula is C20H24ClFN4O3. The maximum atomic E-state index is 14.4. The number of carbonyl (C=O) groups excluding carboxylic acids is 1. The van der Waals surface area contributed by atoms with E-state index in [4.69, 9.17) is 9.47 Å². The third kappa shape index (κ3) is 5.41. The SMILES string of the molecule is Cl.O=C(Nc1ccc(C2CNCCO2)c(F)c1)c1cnc(OCC2CCC2)cn1. The van der Waals surface area contributed by atoms with E-state index in [1.165, 1.54) is 37.7 Å². The predicted octanol–water partition coefficient (Wildman–Crippen LogP) is 3.13. The first-order valence-electron chi connectivity index (χ1n) is 9.57. The van der Waals surface area contributed by atoms with Crippen molar-refractivity contribution in [1.82, 2.24) is 15.3 Å². The van der Waals surface area contributed by atoms with E-state index >= 15 is 0 Å². The summed E-state index contributed by atoms with van der Waals surface area (Å²) in [5.41, 5.74) is 0.959. The maximum Gasteiger partial charge on any atom is 0.275 e. The third-order valence-corrected chi connectivity index (χ3v) is 5.09. The molecule has 1 atom stereocenters. The summed E-state index contributed by atoms with van der Waals surface area (Å²) in [4.78, 5) is 20.5. The molecule has 1 unspecified atom stereocenters. The van der Waals surface area contributed by atoms with E-state index in [-0.39, 0.29) is 24.2 Å². The van der Waals surface area contributed by atoms with E-state index < -0.39 is 11.7 Å². The summed E-state index contributed by atoms with van der Waals surface area (Å²) in [6.07, 6.45) is 6.10. The lowest BCUT2D eigenvalue weighted by Gasteiger charge is -2.24. The van der Waals surface area contributed by atoms with Crippen LogP contribution in [-0.2, 0) is 4.74 Å². The molecular weight excluding hydrogens is 399 g/mol. The first kappa shape index (κ1) is 21.4. The van der Waals surface area contributed by atoms with Crippen LogP contribution in [0.1, 0.15) is 41.4 Å². The summed E-state index contributed by atoms with van der Waals surface area (Å²) in [5, 5.41) is 5.81. The van der Waals surface area contributed by atoms with Crippen molar-refractivity contribution in [3.05, 3.63) is 47.7 Å². The molecule has 2 heterocycles. The summed E-state index contributed by atoms with van der Waals surface area (Å²) in [7, 11) is 0. The zero-order valence-electron chi connectivity index (χ0n) is 15.9. The predicted molar refractivity (Wildman–Crippen MR) is 108 cm³/mol. The number of hydrogen-bond acceptors (Lipinski definition) is 6. The number of ether oxygens (including phenoxy) is 2. The molecule has 1 aliphatic carbocycles. The first-order valence-corrected chi connectivity index (χ1v) is 9.57. The zero-order valence-corrected chi connectivity index (χ0v) is 16.7. The molecule has 1 saturated heterocycles. The number of halogens is 2. The van der Waals surface area contributed by atoms with Crippen molar-refractivity contribution in [3.63, 3.8) is 0 Å². The van der Waals surface area contributed by atoms with Gasteiger partial charge in [-0.15, -0.1) is 12.4 Å². The summed E-state index contributed by atoms with van der Waals surface area (Å²) >= 11 is 0. The summed E-state index contributed by atoms with van der Waals surface area (Å²) < 4.78 is 25.6. The normalized spacial score (nSPS) is 19.0. The smallest absolute Gasteiger partial charge is 0.275 e. The van der Waals surface area contributed by atoms with Gasteiger partial charge in [0.05, 0.1) is 31.7 Å². The van der Waals surface area contributed by atoms with E-state index in [0.717, 1.165) is 6.54 Å². The van der Waals surface area contributed by atoms with Crippen LogP contribution in [0.2, 0.25) is 0 Å². The minimum atomic E-state index is -0.458. The quantitative estimate of drug-likeness (QED) is 0.744. The summed E-state index contributed by atoms with van der Waals surface area (Å²) in [5.74, 6) is 0.121. The Morgan fingerprint density at radius 2 is 2.17 bits per heavy atom. The Balaban J connectivity index is 0.00000240. The highest BCUT2D eigenvalue weighted by Gasteiger charge is 2.20. The summed E-state index contributed by atoms with van der Waals surface area (Å²) in [6.45, 7) is 2.50. The third-order valence-electron chi connectivity index (χ3n) is 5.09. The molecule has 0 spiro atoms. The van der Waals surface area contributed by atoms with Crippen molar-refractivity contribution in [1.29, 1.82) is 0 Å². The van der Waals surface area contributed by atoms with Crippen molar-refractivity contribution < 1.29 is 18.7 Å². The van der Waals surface area contributed by atoms with E-state index in [1.807, 2.05) is 0 Å². The Hall–Kier alpha value is -2.29. The van der Waals surface area contributed by atoms with Crippen LogP contribution in [0.15, 0.2) is 30.6 Å². The number of amides is 1. The Kier molecular flexibility index (Phi) is 7.35. The largest absolute Gasteiger partial charge is 0.476 e. The van der Waals surface area contributed by atoms with Crippen molar-refractivity contribution in [2.45, 2.75) is 25.4 Å². The molecule has 2 aliphatic rings. The minimum Gasteiger partial charge on any atom is -0.476 e. The summed E-state index contributed by atoms with van der Waals surface area (Å²) in [6, 6.07) is 4.57. The van der Waals surface area contributed by atoms with Gasteiger partial charge < -0.3 is 20.1 Å². The number of hydrogen-bond donors (Lipinski definition) is 2. The number of morpholine rings is 1. The standard InChI is InChI=1S/C20H23FN4O3.ClH/c21-16-8-14(4-5-15(16)18-10-22-6-7-27-18)25-20(26)17-9-24-19(11-23-17)28-12-13-2-1-3-13;/h4-5,8-9,11,13,18,22H,1-3,6-7,10,12H2,(H,25,26);1H. The molecule has 1 aromatic carbocycles. The highest BCUT2D eigenvalue weighted by Crippen LogP contribution is 2.27. The van der Waals surface area contributed by atoms with Gasteiger partial charge in [-0.2, -0.15) is 0 Å². The number of anilines is 1. The monoisotopic (exact) mass is 422 g/mol. The van der Waals surface area contributed by atoms with Crippen molar-refractivity contribution in [2.75, 3.05) is 31.6 Å². The van der Waals surface area contributed by atoms with Crippen molar-refractivity contribution in [2.24, 2.45) is 5.92 Å². The van der Waals surface area contributed by atoms with Crippen LogP contribution in [0.4, 0.5) is 10.1 Å². The molecule has 4 rings (SSSR count). The number of benzene rings is 1. The van der Waals surface area contributed by atoms with Crippen molar-refractivity contribution in [3.8, 4) is 5.88 Å². The van der Waals surface area contributed by atoms with Gasteiger partial charge in [-0.05, 0) is 30.9 Å². The minimum absolute atomic E-state index is 0. The Bertz CT molecular complexity index is 827. The zero-order chi connectivity index (χ0) is 19.3. The average molecular weight is 423 g/mol. The maximum absolute atomic E-state index is 14.4. The fourth-order valence-electron chi connectivity index (χ4n) is 3.20. The lowest BCUT2D eigenvalue weighted by molar-refractivity contribution is 0.0255. The lowest BCUT2D eigenvalue weighted by Crippen LogP contribution is -2.33. The van der Waals surface area contributed by atoms with E-state index in [2.05, 4.69) is 20.6 Å². The fourth-order valence-corrected chi connectivity index (χ4v) is 3.20. The van der Waals surface area contributed by atoms with Crippen molar-refractivity contribution >= 4 is 24.0 Å². The molecule has 7 nitrogen and oxygen atoms in total. The van der Waals surface area contributed by atoms with E-state index in [9.17, 15) is 9.18 Å². The second-order valence-corrected chi connectivity index (χ2v) is 7.10. The van der Waals surface area contributed by atoms with Crippen LogP contribution >= 0.6 is 12.4 Å². The molecule has 0 radical (unpaired) electrons. The average Bonchev–Trinajstić information content (AvgIpc) is 2.68. The van der Waals surface area contributed by atoms with E-state index in [1.54, 1.807) is 12.1 Å². The molecule has 2 N–H and O–H groups in total. The van der Waals surface area contributed by atoms with Gasteiger partial charge in [-0.1, -0.05) is 12.5 Å². The molecule has 9 heteroatoms. The number of carbonyl (C=O) groups is 1. The molecule has 2 aromatic rings. The molecule has 1 amide bonds. The van der Waals surface area contributed by atoms with Gasteiger partial charge in [-0.3, -0.25) is 4.79 Å². The number of nitrogens with one attached hydrogen (secondary N) is 2. The number of nitrogens with zero attached hydrogens (tertiary/aromatic N) is 2. The van der Waals surface area contributed by atoms with Crippen LogP contribution in [0.5, 0.6) is 5.88 Å². The topological polar surface area (TPSA) is 85.4 Å². The first-order chi connectivity index (χ1) is 13.7. The van der Waals surface area contributed by atoms with Gasteiger partial charge in [0.15, 0.2) is 0 Å². The molecule has 1 saturated carbocycles. The lowest BCUT2D eigenvalue weighted by atomic mass is 9.86. The molecule has 2 fully saturated rings. The van der Waals surface area contributed by atoms with Gasteiger partial charge in [-0.25, -0.2) is 14.4 Å². The van der Waals surface area contributed by atoms with Gasteiger partial charge in [0.25, 0.3) is 5.91 Å². The Morgan fingerprint density at radius 3 is 2.79 bits per heavy atom. The van der Waals surface area contributed by atoms with E-state index in [0.29, 0.717) is 42.8 Å². The molecule has 156 valence electrons. The second kappa shape index (κ2) is 9.96. The number of aromatic nitrogens is 2. The van der Waals surface area contributed by atoms with Crippen LogP contribution in [0, 0.1) is 11.7 Å². The Morgan fingerprint density at radius 1 is 1.31 bits per heavy atom. The molecule has 29 heavy (non-hydrogen) atoms. The number of rotatable bonds is 6. The van der Waals surface area contributed by atoms with Gasteiger partial charge >= 0.3 is 0 Å². The molecule has 0 bridgehead atoms. The van der Waals surface area contributed by atoms with Gasteiger partial charge in [0.1, 0.15) is 11.5 Å². The van der Waals surface area contributed by atoms with Crippen LogP contribution in [-0.4, -0.2) is 42.2 Å². The van der Waals surface area contributed by atoms with Crippen LogP contribution in [0.25, 0.3) is 0 Å². The fraction of sp³-hybridized carbons (Fsp3) is 0.450. The Labute approximate surface area is 174 Å². The molecule has 1 aliphatic heterocycles. The highest BCUT2D eigenvalue weighted by molar-refractivity contribution is 6.02. The van der Waals surface area contributed by atoms with Crippen LogP contribution < -0.4 is 15.4 Å². The molecule has 1 aromatic heterocycles. The van der Waals surface area contributed by atoms with Crippen LogP contribution in [0.3, 0.4) is 0 Å².